The van der Waals surface area contributed by atoms with Gasteiger partial charge in [-0.05, 0) is 31.9 Å². The van der Waals surface area contributed by atoms with Gasteiger partial charge in [-0.25, -0.2) is 0 Å². The molecule has 1 aromatic carbocycles. The largest absolute Gasteiger partial charge is 0.326 e. The van der Waals surface area contributed by atoms with E-state index < -0.39 is 0 Å². The van der Waals surface area contributed by atoms with Gasteiger partial charge in [0.15, 0.2) is 0 Å². The monoisotopic (exact) mass is 204 g/mol. The molecule has 1 aliphatic heterocycles. The second kappa shape index (κ2) is 4.77. The first-order valence-electron chi connectivity index (χ1n) is 5.77. The van der Waals surface area contributed by atoms with E-state index in [1.54, 1.807) is 0 Å². The van der Waals surface area contributed by atoms with Crippen molar-refractivity contribution in [3.05, 3.63) is 35.4 Å². The third-order valence-corrected chi connectivity index (χ3v) is 3.11. The molecular weight excluding hydrogens is 184 g/mol. The molecule has 1 heterocycles. The van der Waals surface area contributed by atoms with Gasteiger partial charge in [-0.2, -0.15) is 0 Å². The lowest BCUT2D eigenvalue weighted by Gasteiger charge is -2.14. The molecule has 1 fully saturated rings. The fourth-order valence-electron chi connectivity index (χ4n) is 2.22. The molecule has 0 aromatic heterocycles. The summed E-state index contributed by atoms with van der Waals surface area (Å²) in [6, 6.07) is 9.18. The number of benzene rings is 1. The van der Waals surface area contributed by atoms with Crippen LogP contribution in [0.4, 0.5) is 0 Å². The van der Waals surface area contributed by atoms with Crippen molar-refractivity contribution in [2.24, 2.45) is 5.73 Å². The van der Waals surface area contributed by atoms with E-state index in [4.69, 9.17) is 5.73 Å². The van der Waals surface area contributed by atoms with E-state index in [-0.39, 0.29) is 0 Å². The Kier molecular flexibility index (Phi) is 3.39. The SMILES string of the molecule is Cc1cccc(CCN2CCC(N)C2)c1. The standard InChI is InChI=1S/C13H20N2/c1-11-3-2-4-12(9-11)5-7-15-8-6-13(14)10-15/h2-4,9,13H,5-8,10,14H2,1H3. The summed E-state index contributed by atoms with van der Waals surface area (Å²) in [5, 5.41) is 0. The minimum absolute atomic E-state index is 0.405. The van der Waals surface area contributed by atoms with Crippen molar-refractivity contribution in [1.29, 1.82) is 0 Å². The van der Waals surface area contributed by atoms with Crippen LogP contribution in [0.5, 0.6) is 0 Å². The zero-order valence-corrected chi connectivity index (χ0v) is 9.45. The first-order valence-corrected chi connectivity index (χ1v) is 5.77. The quantitative estimate of drug-likeness (QED) is 0.810. The average Bonchev–Trinajstić information content (AvgIpc) is 2.62. The lowest BCUT2D eigenvalue weighted by Crippen LogP contribution is -2.28. The Morgan fingerprint density at radius 3 is 3.00 bits per heavy atom. The Labute approximate surface area is 92.1 Å². The van der Waals surface area contributed by atoms with Gasteiger partial charge < -0.3 is 10.6 Å². The van der Waals surface area contributed by atoms with Crippen LogP contribution in [0.3, 0.4) is 0 Å². The predicted molar refractivity (Wildman–Crippen MR) is 63.9 cm³/mol. The highest BCUT2D eigenvalue weighted by molar-refractivity contribution is 5.22. The molecule has 1 atom stereocenters. The Hall–Kier alpha value is -0.860. The van der Waals surface area contributed by atoms with Crippen molar-refractivity contribution >= 4 is 0 Å². The number of aryl methyl sites for hydroxylation is 1. The van der Waals surface area contributed by atoms with Crippen LogP contribution in [0.25, 0.3) is 0 Å². The number of hydrogen-bond acceptors (Lipinski definition) is 2. The predicted octanol–water partition coefficient (Wildman–Crippen LogP) is 1.57. The normalized spacial score (nSPS) is 22.1. The van der Waals surface area contributed by atoms with Crippen LogP contribution in [0.15, 0.2) is 24.3 Å². The Morgan fingerprint density at radius 2 is 2.33 bits per heavy atom. The van der Waals surface area contributed by atoms with Gasteiger partial charge in [0.1, 0.15) is 0 Å². The van der Waals surface area contributed by atoms with Gasteiger partial charge in [0, 0.05) is 19.1 Å². The lowest BCUT2D eigenvalue weighted by atomic mass is 10.1. The number of nitrogens with two attached hydrogens (primary N) is 1. The average molecular weight is 204 g/mol. The van der Waals surface area contributed by atoms with Gasteiger partial charge in [-0.3, -0.25) is 0 Å². The van der Waals surface area contributed by atoms with Gasteiger partial charge in [0.05, 0.1) is 0 Å². The second-order valence-corrected chi connectivity index (χ2v) is 4.59. The third kappa shape index (κ3) is 3.05. The minimum atomic E-state index is 0.405. The van der Waals surface area contributed by atoms with Crippen LogP contribution in [-0.2, 0) is 6.42 Å². The van der Waals surface area contributed by atoms with Gasteiger partial charge in [-0.1, -0.05) is 29.8 Å². The lowest BCUT2D eigenvalue weighted by molar-refractivity contribution is 0.339. The van der Waals surface area contributed by atoms with E-state index in [0.29, 0.717) is 6.04 Å². The minimum Gasteiger partial charge on any atom is -0.326 e. The third-order valence-electron chi connectivity index (χ3n) is 3.11. The Balaban J connectivity index is 1.83. The topological polar surface area (TPSA) is 29.3 Å². The molecule has 0 spiro atoms. The fourth-order valence-corrected chi connectivity index (χ4v) is 2.22. The van der Waals surface area contributed by atoms with Crippen LogP contribution >= 0.6 is 0 Å². The molecule has 1 aliphatic rings. The molecule has 82 valence electrons. The molecule has 2 rings (SSSR count). The van der Waals surface area contributed by atoms with Crippen molar-refractivity contribution < 1.29 is 0 Å². The smallest absolute Gasteiger partial charge is 0.0180 e. The molecule has 2 N–H and O–H groups in total. The van der Waals surface area contributed by atoms with E-state index in [9.17, 15) is 0 Å². The number of hydrogen-bond donors (Lipinski definition) is 1. The summed E-state index contributed by atoms with van der Waals surface area (Å²) in [6.07, 6.45) is 2.31. The van der Waals surface area contributed by atoms with Crippen molar-refractivity contribution in [1.82, 2.24) is 4.90 Å². The molecule has 0 saturated carbocycles. The van der Waals surface area contributed by atoms with Crippen LogP contribution in [0.2, 0.25) is 0 Å². The summed E-state index contributed by atoms with van der Waals surface area (Å²) in [4.78, 5) is 2.47. The fraction of sp³-hybridized carbons (Fsp3) is 0.538. The summed E-state index contributed by atoms with van der Waals surface area (Å²) in [7, 11) is 0. The van der Waals surface area contributed by atoms with Crippen molar-refractivity contribution in [3.63, 3.8) is 0 Å². The molecule has 2 nitrogen and oxygen atoms in total. The molecule has 1 saturated heterocycles. The summed E-state index contributed by atoms with van der Waals surface area (Å²) in [5.74, 6) is 0. The highest BCUT2D eigenvalue weighted by atomic mass is 15.2. The van der Waals surface area contributed by atoms with E-state index in [2.05, 4.69) is 36.1 Å². The first-order chi connectivity index (χ1) is 7.24. The van der Waals surface area contributed by atoms with E-state index in [1.807, 2.05) is 0 Å². The van der Waals surface area contributed by atoms with Crippen LogP contribution < -0.4 is 5.73 Å². The summed E-state index contributed by atoms with van der Waals surface area (Å²) in [6.45, 7) is 5.55. The zero-order valence-electron chi connectivity index (χ0n) is 9.45. The molecule has 0 radical (unpaired) electrons. The van der Waals surface area contributed by atoms with Gasteiger partial charge in [0.25, 0.3) is 0 Å². The zero-order chi connectivity index (χ0) is 10.7. The van der Waals surface area contributed by atoms with E-state index >= 15 is 0 Å². The maximum atomic E-state index is 5.88. The molecule has 0 bridgehead atoms. The molecule has 0 aliphatic carbocycles. The number of rotatable bonds is 3. The molecule has 15 heavy (non-hydrogen) atoms. The maximum absolute atomic E-state index is 5.88. The summed E-state index contributed by atoms with van der Waals surface area (Å²) in [5.41, 5.74) is 8.67. The maximum Gasteiger partial charge on any atom is 0.0180 e. The van der Waals surface area contributed by atoms with Crippen molar-refractivity contribution in [2.75, 3.05) is 19.6 Å². The van der Waals surface area contributed by atoms with Crippen LogP contribution in [-0.4, -0.2) is 30.6 Å². The molecular formula is C13H20N2. The van der Waals surface area contributed by atoms with Crippen LogP contribution in [0.1, 0.15) is 17.5 Å². The van der Waals surface area contributed by atoms with E-state index in [1.165, 1.54) is 17.7 Å². The molecule has 0 amide bonds. The highest BCUT2D eigenvalue weighted by Gasteiger charge is 2.17. The number of nitrogens with zero attached hydrogens (tertiary/aromatic N) is 1. The Morgan fingerprint density at radius 1 is 1.47 bits per heavy atom. The van der Waals surface area contributed by atoms with E-state index in [0.717, 1.165) is 25.9 Å². The highest BCUT2D eigenvalue weighted by Crippen LogP contribution is 2.10. The first kappa shape index (κ1) is 10.7. The summed E-state index contributed by atoms with van der Waals surface area (Å²) >= 11 is 0. The van der Waals surface area contributed by atoms with Gasteiger partial charge >= 0.3 is 0 Å². The summed E-state index contributed by atoms with van der Waals surface area (Å²) < 4.78 is 0. The molecule has 1 unspecified atom stereocenters. The Bertz CT molecular complexity index is 322. The van der Waals surface area contributed by atoms with Gasteiger partial charge in [-0.15, -0.1) is 0 Å². The number of likely N-dealkylation sites (tertiary alicyclic amines) is 1. The van der Waals surface area contributed by atoms with Crippen molar-refractivity contribution in [3.8, 4) is 0 Å². The molecule has 1 aromatic rings. The van der Waals surface area contributed by atoms with Crippen molar-refractivity contribution in [2.45, 2.75) is 25.8 Å². The second-order valence-electron chi connectivity index (χ2n) is 4.59. The van der Waals surface area contributed by atoms with Gasteiger partial charge in [0.2, 0.25) is 0 Å². The molecule has 2 heteroatoms. The van der Waals surface area contributed by atoms with Crippen LogP contribution in [0, 0.1) is 6.92 Å².